The van der Waals surface area contributed by atoms with E-state index in [1.54, 1.807) is 0 Å². The number of nitrogens with two attached hydrogens (primary N) is 1. The second-order valence-corrected chi connectivity index (χ2v) is 6.15. The van der Waals surface area contributed by atoms with Gasteiger partial charge in [-0.05, 0) is 30.9 Å². The number of nitrogens with zero attached hydrogens (tertiary/aromatic N) is 1. The topological polar surface area (TPSA) is 58.4 Å². The lowest BCUT2D eigenvalue weighted by molar-refractivity contribution is -0.122. The lowest BCUT2D eigenvalue weighted by Gasteiger charge is -2.32. The number of nitrogens with one attached hydrogen (secondary N) is 1. The maximum atomic E-state index is 11.9. The van der Waals surface area contributed by atoms with E-state index in [1.165, 1.54) is 5.56 Å². The molecular weight excluding hydrogens is 262 g/mol. The van der Waals surface area contributed by atoms with E-state index in [0.29, 0.717) is 19.0 Å². The maximum absolute atomic E-state index is 11.9. The summed E-state index contributed by atoms with van der Waals surface area (Å²) < 4.78 is 0. The van der Waals surface area contributed by atoms with Gasteiger partial charge in [-0.2, -0.15) is 0 Å². The summed E-state index contributed by atoms with van der Waals surface area (Å²) in [4.78, 5) is 14.3. The van der Waals surface area contributed by atoms with Crippen LogP contribution in [0, 0.1) is 5.92 Å². The zero-order valence-corrected chi connectivity index (χ0v) is 12.9. The minimum atomic E-state index is 0.148. The van der Waals surface area contributed by atoms with E-state index in [0.717, 1.165) is 32.5 Å². The second kappa shape index (κ2) is 8.15. The molecule has 1 saturated heterocycles. The molecule has 0 spiro atoms. The van der Waals surface area contributed by atoms with Gasteiger partial charge in [-0.25, -0.2) is 0 Å². The molecule has 1 aromatic rings. The normalized spacial score (nSPS) is 18.4. The number of rotatable bonds is 6. The fourth-order valence-corrected chi connectivity index (χ4v) is 2.76. The number of carbonyl (C=O) groups excluding carboxylic acids is 1. The Morgan fingerprint density at radius 3 is 2.62 bits per heavy atom. The van der Waals surface area contributed by atoms with Crippen LogP contribution < -0.4 is 11.1 Å². The highest BCUT2D eigenvalue weighted by Gasteiger charge is 2.21. The fourth-order valence-electron chi connectivity index (χ4n) is 2.76. The minimum Gasteiger partial charge on any atom is -0.353 e. The molecule has 0 saturated carbocycles. The first kappa shape index (κ1) is 16.0. The largest absolute Gasteiger partial charge is 0.353 e. The first-order valence-corrected chi connectivity index (χ1v) is 7.93. The lowest BCUT2D eigenvalue weighted by Crippen LogP contribution is -2.44. The highest BCUT2D eigenvalue weighted by Crippen LogP contribution is 2.14. The number of likely N-dealkylation sites (tertiary alicyclic amines) is 1. The van der Waals surface area contributed by atoms with Gasteiger partial charge in [0.1, 0.15) is 0 Å². The number of benzene rings is 1. The molecule has 1 heterocycles. The van der Waals surface area contributed by atoms with Crippen LogP contribution in [0.4, 0.5) is 0 Å². The van der Waals surface area contributed by atoms with Crippen LogP contribution in [-0.2, 0) is 11.3 Å². The SMILES string of the molecule is CC(CN)CC(=O)NC1CCN(Cc2ccccc2)CC1. The first-order valence-electron chi connectivity index (χ1n) is 7.93. The molecule has 116 valence electrons. The molecule has 0 radical (unpaired) electrons. The predicted molar refractivity (Wildman–Crippen MR) is 85.7 cm³/mol. The van der Waals surface area contributed by atoms with Crippen LogP contribution in [0.2, 0.25) is 0 Å². The number of piperidine rings is 1. The molecule has 4 heteroatoms. The molecule has 1 unspecified atom stereocenters. The van der Waals surface area contributed by atoms with Crippen LogP contribution in [0.5, 0.6) is 0 Å². The number of hydrogen-bond donors (Lipinski definition) is 2. The number of hydrogen-bond acceptors (Lipinski definition) is 3. The Balaban J connectivity index is 1.69. The molecule has 1 atom stereocenters. The van der Waals surface area contributed by atoms with Gasteiger partial charge in [-0.1, -0.05) is 37.3 Å². The van der Waals surface area contributed by atoms with Crippen LogP contribution >= 0.6 is 0 Å². The zero-order chi connectivity index (χ0) is 15.1. The highest BCUT2D eigenvalue weighted by molar-refractivity contribution is 5.76. The van der Waals surface area contributed by atoms with Crippen molar-refractivity contribution in [1.82, 2.24) is 10.2 Å². The van der Waals surface area contributed by atoms with Gasteiger partial charge >= 0.3 is 0 Å². The van der Waals surface area contributed by atoms with Crippen molar-refractivity contribution in [2.24, 2.45) is 11.7 Å². The van der Waals surface area contributed by atoms with Gasteiger partial charge in [0.15, 0.2) is 0 Å². The molecule has 1 aliphatic heterocycles. The third-order valence-electron chi connectivity index (χ3n) is 4.14. The Kier molecular flexibility index (Phi) is 6.21. The molecule has 0 aliphatic carbocycles. The van der Waals surface area contributed by atoms with E-state index in [9.17, 15) is 4.79 Å². The molecule has 1 aromatic carbocycles. The third kappa shape index (κ3) is 5.48. The summed E-state index contributed by atoms with van der Waals surface area (Å²) in [7, 11) is 0. The van der Waals surface area contributed by atoms with Crippen LogP contribution in [0.25, 0.3) is 0 Å². The van der Waals surface area contributed by atoms with Crippen molar-refractivity contribution in [3.63, 3.8) is 0 Å². The van der Waals surface area contributed by atoms with E-state index in [2.05, 4.69) is 34.5 Å². The zero-order valence-electron chi connectivity index (χ0n) is 12.9. The number of carbonyl (C=O) groups is 1. The van der Waals surface area contributed by atoms with Crippen molar-refractivity contribution < 1.29 is 4.79 Å². The van der Waals surface area contributed by atoms with E-state index < -0.39 is 0 Å². The molecule has 2 rings (SSSR count). The lowest BCUT2D eigenvalue weighted by atomic mass is 10.0. The quantitative estimate of drug-likeness (QED) is 0.839. The van der Waals surface area contributed by atoms with Gasteiger partial charge in [0.25, 0.3) is 0 Å². The van der Waals surface area contributed by atoms with Gasteiger partial charge in [-0.15, -0.1) is 0 Å². The van der Waals surface area contributed by atoms with Crippen LogP contribution in [0.15, 0.2) is 30.3 Å². The average Bonchev–Trinajstić information content (AvgIpc) is 2.50. The Hall–Kier alpha value is -1.39. The Morgan fingerprint density at radius 1 is 1.33 bits per heavy atom. The highest BCUT2D eigenvalue weighted by atomic mass is 16.1. The Labute approximate surface area is 127 Å². The summed E-state index contributed by atoms with van der Waals surface area (Å²) in [5, 5.41) is 3.15. The molecule has 21 heavy (non-hydrogen) atoms. The second-order valence-electron chi connectivity index (χ2n) is 6.15. The molecule has 1 fully saturated rings. The monoisotopic (exact) mass is 289 g/mol. The van der Waals surface area contributed by atoms with E-state index in [4.69, 9.17) is 5.73 Å². The molecule has 4 nitrogen and oxygen atoms in total. The van der Waals surface area contributed by atoms with Crippen LogP contribution in [-0.4, -0.2) is 36.5 Å². The summed E-state index contributed by atoms with van der Waals surface area (Å²) in [6.45, 7) is 5.69. The third-order valence-corrected chi connectivity index (χ3v) is 4.14. The standard InChI is InChI=1S/C17H27N3O/c1-14(12-18)11-17(21)19-16-7-9-20(10-8-16)13-15-5-3-2-4-6-15/h2-6,14,16H,7-13,18H2,1H3,(H,19,21). The predicted octanol–water partition coefficient (Wildman–Crippen LogP) is 1.75. The molecule has 3 N–H and O–H groups in total. The summed E-state index contributed by atoms with van der Waals surface area (Å²) in [5.41, 5.74) is 6.92. The van der Waals surface area contributed by atoms with Crippen molar-refractivity contribution in [2.75, 3.05) is 19.6 Å². The first-order chi connectivity index (χ1) is 10.2. The van der Waals surface area contributed by atoms with E-state index in [1.807, 2.05) is 13.0 Å². The van der Waals surface area contributed by atoms with Gasteiger partial charge in [0.05, 0.1) is 0 Å². The van der Waals surface area contributed by atoms with Crippen molar-refractivity contribution >= 4 is 5.91 Å². The molecular formula is C17H27N3O. The maximum Gasteiger partial charge on any atom is 0.220 e. The molecule has 0 bridgehead atoms. The summed E-state index contributed by atoms with van der Waals surface area (Å²) in [5.74, 6) is 0.414. The van der Waals surface area contributed by atoms with Gasteiger partial charge in [-0.3, -0.25) is 9.69 Å². The van der Waals surface area contributed by atoms with Gasteiger partial charge < -0.3 is 11.1 Å². The smallest absolute Gasteiger partial charge is 0.220 e. The molecule has 0 aromatic heterocycles. The summed E-state index contributed by atoms with van der Waals surface area (Å²) >= 11 is 0. The van der Waals surface area contributed by atoms with Crippen LogP contribution in [0.3, 0.4) is 0 Å². The summed E-state index contributed by atoms with van der Waals surface area (Å²) in [6.07, 6.45) is 2.62. The minimum absolute atomic E-state index is 0.148. The summed E-state index contributed by atoms with van der Waals surface area (Å²) in [6, 6.07) is 10.9. The van der Waals surface area contributed by atoms with E-state index >= 15 is 0 Å². The average molecular weight is 289 g/mol. The van der Waals surface area contributed by atoms with Crippen LogP contribution in [0.1, 0.15) is 31.7 Å². The van der Waals surface area contributed by atoms with Gasteiger partial charge in [0, 0.05) is 32.1 Å². The van der Waals surface area contributed by atoms with Crippen molar-refractivity contribution in [3.05, 3.63) is 35.9 Å². The number of amides is 1. The van der Waals surface area contributed by atoms with Crippen molar-refractivity contribution in [2.45, 2.75) is 38.8 Å². The fraction of sp³-hybridized carbons (Fsp3) is 0.588. The molecule has 1 amide bonds. The van der Waals surface area contributed by atoms with Crippen molar-refractivity contribution in [1.29, 1.82) is 0 Å². The molecule has 1 aliphatic rings. The van der Waals surface area contributed by atoms with Crippen molar-refractivity contribution in [3.8, 4) is 0 Å². The van der Waals surface area contributed by atoms with E-state index in [-0.39, 0.29) is 11.8 Å². The van der Waals surface area contributed by atoms with Gasteiger partial charge in [0.2, 0.25) is 5.91 Å². The Bertz CT molecular complexity index is 427. The Morgan fingerprint density at radius 2 is 2.00 bits per heavy atom.